The number of hydrogen-bond acceptors (Lipinski definition) is 2. The average Bonchev–Trinajstić information content (AvgIpc) is 2.36. The number of halogens is 3. The van der Waals surface area contributed by atoms with Crippen LogP contribution in [0.4, 0.5) is 13.2 Å². The standard InChI is InChI=1S/C15H22F3NO/c1-5-14(3,4)19-10(2)13(20)11-7-6-8-12(9-11)15(16,17)18/h6-10,13,19-20H,5H2,1-4H3/t10-,13-/m0/s1. The Bertz CT molecular complexity index is 443. The largest absolute Gasteiger partial charge is 0.416 e. The van der Waals surface area contributed by atoms with E-state index >= 15 is 0 Å². The summed E-state index contributed by atoms with van der Waals surface area (Å²) in [5, 5.41) is 13.4. The van der Waals surface area contributed by atoms with Crippen LogP contribution in [0.2, 0.25) is 0 Å². The minimum absolute atomic E-state index is 0.179. The Morgan fingerprint density at radius 1 is 1.25 bits per heavy atom. The molecule has 0 unspecified atom stereocenters. The molecule has 0 heterocycles. The van der Waals surface area contributed by atoms with Crippen LogP contribution < -0.4 is 5.32 Å². The third-order valence-corrected chi connectivity index (χ3v) is 3.53. The van der Waals surface area contributed by atoms with Crippen molar-refractivity contribution in [3.05, 3.63) is 35.4 Å². The maximum Gasteiger partial charge on any atom is 0.416 e. The second kappa shape index (κ2) is 6.14. The van der Waals surface area contributed by atoms with Crippen molar-refractivity contribution in [2.24, 2.45) is 0 Å². The van der Waals surface area contributed by atoms with Crippen molar-refractivity contribution >= 4 is 0 Å². The van der Waals surface area contributed by atoms with Gasteiger partial charge >= 0.3 is 6.18 Å². The van der Waals surface area contributed by atoms with E-state index in [2.05, 4.69) is 5.32 Å². The molecule has 0 bridgehead atoms. The van der Waals surface area contributed by atoms with E-state index in [-0.39, 0.29) is 17.1 Å². The van der Waals surface area contributed by atoms with Crippen LogP contribution in [0.3, 0.4) is 0 Å². The van der Waals surface area contributed by atoms with Gasteiger partial charge in [-0.25, -0.2) is 0 Å². The Kier molecular flexibility index (Phi) is 5.21. The molecular formula is C15H22F3NO. The SMILES string of the molecule is CCC(C)(C)N[C@@H](C)[C@H](O)c1cccc(C(F)(F)F)c1. The molecule has 20 heavy (non-hydrogen) atoms. The summed E-state index contributed by atoms with van der Waals surface area (Å²) in [7, 11) is 0. The number of nitrogens with one attached hydrogen (secondary N) is 1. The summed E-state index contributed by atoms with van der Waals surface area (Å²) in [5.41, 5.74) is -0.648. The summed E-state index contributed by atoms with van der Waals surface area (Å²) >= 11 is 0. The molecule has 114 valence electrons. The summed E-state index contributed by atoms with van der Waals surface area (Å²) in [6.45, 7) is 7.75. The maximum absolute atomic E-state index is 12.7. The van der Waals surface area contributed by atoms with Gasteiger partial charge in [0, 0.05) is 11.6 Å². The van der Waals surface area contributed by atoms with Gasteiger partial charge in [-0.2, -0.15) is 13.2 Å². The van der Waals surface area contributed by atoms with Crippen LogP contribution in [-0.2, 0) is 6.18 Å². The minimum Gasteiger partial charge on any atom is -0.387 e. The predicted octanol–water partition coefficient (Wildman–Crippen LogP) is 3.91. The Hall–Kier alpha value is -1.07. The molecule has 0 saturated heterocycles. The molecule has 0 radical (unpaired) electrons. The first-order valence-corrected chi connectivity index (χ1v) is 6.70. The smallest absolute Gasteiger partial charge is 0.387 e. The fourth-order valence-electron chi connectivity index (χ4n) is 1.98. The van der Waals surface area contributed by atoms with E-state index in [0.29, 0.717) is 0 Å². The van der Waals surface area contributed by atoms with Gasteiger partial charge in [-0.05, 0) is 44.9 Å². The topological polar surface area (TPSA) is 32.3 Å². The Morgan fingerprint density at radius 3 is 2.35 bits per heavy atom. The van der Waals surface area contributed by atoms with Crippen molar-refractivity contribution in [3.8, 4) is 0 Å². The zero-order valence-electron chi connectivity index (χ0n) is 12.3. The van der Waals surface area contributed by atoms with Crippen LogP contribution in [-0.4, -0.2) is 16.7 Å². The molecule has 1 rings (SSSR count). The average molecular weight is 289 g/mol. The zero-order valence-corrected chi connectivity index (χ0v) is 12.3. The fraction of sp³-hybridized carbons (Fsp3) is 0.600. The number of hydrogen-bond donors (Lipinski definition) is 2. The van der Waals surface area contributed by atoms with Crippen LogP contribution in [0.1, 0.15) is 51.3 Å². The van der Waals surface area contributed by atoms with Gasteiger partial charge in [0.1, 0.15) is 0 Å². The van der Waals surface area contributed by atoms with Gasteiger partial charge in [0.25, 0.3) is 0 Å². The molecule has 0 saturated carbocycles. The van der Waals surface area contributed by atoms with Gasteiger partial charge in [-0.3, -0.25) is 0 Å². The third-order valence-electron chi connectivity index (χ3n) is 3.53. The molecule has 2 N–H and O–H groups in total. The molecule has 0 spiro atoms. The van der Waals surface area contributed by atoms with E-state index < -0.39 is 17.8 Å². The van der Waals surface area contributed by atoms with E-state index in [4.69, 9.17) is 0 Å². The van der Waals surface area contributed by atoms with Crippen LogP contribution in [0.25, 0.3) is 0 Å². The summed E-state index contributed by atoms with van der Waals surface area (Å²) in [6, 6.07) is 4.50. The monoisotopic (exact) mass is 289 g/mol. The normalized spacial score (nSPS) is 16.0. The lowest BCUT2D eigenvalue weighted by Crippen LogP contribution is -2.46. The Labute approximate surface area is 118 Å². The number of aliphatic hydroxyl groups is 1. The van der Waals surface area contributed by atoms with E-state index in [1.165, 1.54) is 12.1 Å². The minimum atomic E-state index is -4.39. The molecule has 0 aliphatic carbocycles. The first kappa shape index (κ1) is 17.0. The van der Waals surface area contributed by atoms with Crippen LogP contribution >= 0.6 is 0 Å². The number of rotatable bonds is 5. The van der Waals surface area contributed by atoms with Gasteiger partial charge in [0.15, 0.2) is 0 Å². The Balaban J connectivity index is 2.89. The zero-order chi connectivity index (χ0) is 15.6. The second-order valence-corrected chi connectivity index (χ2v) is 5.74. The molecule has 1 aromatic carbocycles. The lowest BCUT2D eigenvalue weighted by Gasteiger charge is -2.32. The highest BCUT2D eigenvalue weighted by atomic mass is 19.4. The van der Waals surface area contributed by atoms with Gasteiger partial charge in [-0.15, -0.1) is 0 Å². The third kappa shape index (κ3) is 4.49. The summed E-state index contributed by atoms with van der Waals surface area (Å²) < 4.78 is 38.0. The predicted molar refractivity (Wildman–Crippen MR) is 73.4 cm³/mol. The first-order valence-electron chi connectivity index (χ1n) is 6.70. The maximum atomic E-state index is 12.7. The van der Waals surface area contributed by atoms with Crippen LogP contribution in [0.5, 0.6) is 0 Å². The molecular weight excluding hydrogens is 267 g/mol. The van der Waals surface area contributed by atoms with Crippen molar-refractivity contribution < 1.29 is 18.3 Å². The summed E-state index contributed by atoms with van der Waals surface area (Å²) in [6.07, 6.45) is -4.52. The number of aliphatic hydroxyl groups excluding tert-OH is 1. The fourth-order valence-corrected chi connectivity index (χ4v) is 1.98. The summed E-state index contributed by atoms with van der Waals surface area (Å²) in [4.78, 5) is 0. The number of alkyl halides is 3. The van der Waals surface area contributed by atoms with Gasteiger partial charge in [0.05, 0.1) is 11.7 Å². The lowest BCUT2D eigenvalue weighted by molar-refractivity contribution is -0.137. The summed E-state index contributed by atoms with van der Waals surface area (Å²) in [5.74, 6) is 0. The van der Waals surface area contributed by atoms with E-state index in [9.17, 15) is 18.3 Å². The second-order valence-electron chi connectivity index (χ2n) is 5.74. The van der Waals surface area contributed by atoms with Crippen molar-refractivity contribution in [2.75, 3.05) is 0 Å². The highest BCUT2D eigenvalue weighted by Gasteiger charge is 2.31. The van der Waals surface area contributed by atoms with E-state index in [1.54, 1.807) is 6.92 Å². The molecule has 5 heteroatoms. The highest BCUT2D eigenvalue weighted by Crippen LogP contribution is 2.31. The van der Waals surface area contributed by atoms with Gasteiger partial charge in [-0.1, -0.05) is 19.1 Å². The number of benzene rings is 1. The molecule has 1 aromatic rings. The molecule has 2 nitrogen and oxygen atoms in total. The van der Waals surface area contributed by atoms with Crippen molar-refractivity contribution in [1.29, 1.82) is 0 Å². The van der Waals surface area contributed by atoms with Gasteiger partial charge < -0.3 is 10.4 Å². The lowest BCUT2D eigenvalue weighted by atomic mass is 9.96. The van der Waals surface area contributed by atoms with Gasteiger partial charge in [0.2, 0.25) is 0 Å². The quantitative estimate of drug-likeness (QED) is 0.861. The molecule has 0 aliphatic heterocycles. The molecule has 0 amide bonds. The van der Waals surface area contributed by atoms with Crippen LogP contribution in [0, 0.1) is 0 Å². The first-order chi connectivity index (χ1) is 9.07. The molecule has 2 atom stereocenters. The van der Waals surface area contributed by atoms with Crippen molar-refractivity contribution in [3.63, 3.8) is 0 Å². The molecule has 0 aromatic heterocycles. The molecule has 0 fully saturated rings. The van der Waals surface area contributed by atoms with Crippen molar-refractivity contribution in [1.82, 2.24) is 5.32 Å². The molecule has 0 aliphatic rings. The Morgan fingerprint density at radius 2 is 1.85 bits per heavy atom. The van der Waals surface area contributed by atoms with E-state index in [0.717, 1.165) is 18.6 Å². The van der Waals surface area contributed by atoms with E-state index in [1.807, 2.05) is 20.8 Å². The highest BCUT2D eigenvalue weighted by molar-refractivity contribution is 5.28. The van der Waals surface area contributed by atoms with Crippen LogP contribution in [0.15, 0.2) is 24.3 Å². The van der Waals surface area contributed by atoms with Crippen molar-refractivity contribution in [2.45, 2.75) is 58.0 Å².